The maximum Gasteiger partial charge on any atom is 0.234 e. The van der Waals surface area contributed by atoms with Gasteiger partial charge in [-0.25, -0.2) is 0 Å². The van der Waals surface area contributed by atoms with Gasteiger partial charge < -0.3 is 0 Å². The van der Waals surface area contributed by atoms with Gasteiger partial charge in [-0.2, -0.15) is 0 Å². The predicted octanol–water partition coefficient (Wildman–Crippen LogP) is 3.66. The Labute approximate surface area is 121 Å². The van der Waals surface area contributed by atoms with Crippen LogP contribution in [0.5, 0.6) is 0 Å². The molecule has 1 aromatic carbocycles. The highest BCUT2D eigenvalue weighted by molar-refractivity contribution is 9.10. The molecule has 1 saturated carbocycles. The zero-order valence-electron chi connectivity index (χ0n) is 10.7. The first-order valence-corrected chi connectivity index (χ1v) is 7.50. The van der Waals surface area contributed by atoms with E-state index >= 15 is 0 Å². The van der Waals surface area contributed by atoms with Crippen LogP contribution >= 0.6 is 15.9 Å². The number of hydrogen-bond donors (Lipinski definition) is 0. The quantitative estimate of drug-likeness (QED) is 0.740. The summed E-state index contributed by atoms with van der Waals surface area (Å²) >= 11 is 3.38. The van der Waals surface area contributed by atoms with Crippen LogP contribution in [0.3, 0.4) is 0 Å². The van der Waals surface area contributed by atoms with E-state index in [0.29, 0.717) is 18.5 Å². The summed E-state index contributed by atoms with van der Waals surface area (Å²) in [5.41, 5.74) is 0.647. The van der Waals surface area contributed by atoms with Crippen molar-refractivity contribution in [3.05, 3.63) is 28.7 Å². The molecule has 0 atom stereocenters. The number of imide groups is 1. The largest absolute Gasteiger partial charge is 0.274 e. The van der Waals surface area contributed by atoms with Crippen LogP contribution in [0.1, 0.15) is 38.5 Å². The molecular weight excluding hydrogens is 306 g/mol. The van der Waals surface area contributed by atoms with Crippen molar-refractivity contribution in [3.8, 4) is 0 Å². The van der Waals surface area contributed by atoms with Gasteiger partial charge in [-0.05, 0) is 36.5 Å². The van der Waals surface area contributed by atoms with Gasteiger partial charge in [0.25, 0.3) is 0 Å². The fraction of sp³-hybridized carbons (Fsp3) is 0.467. The van der Waals surface area contributed by atoms with Crippen LogP contribution in [-0.2, 0) is 9.59 Å². The van der Waals surface area contributed by atoms with Crippen LogP contribution in [0.2, 0.25) is 0 Å². The van der Waals surface area contributed by atoms with Crippen molar-refractivity contribution in [2.45, 2.75) is 38.5 Å². The molecule has 1 aliphatic heterocycles. The third-order valence-electron chi connectivity index (χ3n) is 4.28. The fourth-order valence-corrected chi connectivity index (χ4v) is 3.77. The average Bonchev–Trinajstić information content (AvgIpc) is 2.76. The normalized spacial score (nSPS) is 22.3. The van der Waals surface area contributed by atoms with Gasteiger partial charge in [0.1, 0.15) is 0 Å². The third-order valence-corrected chi connectivity index (χ3v) is 4.78. The smallest absolute Gasteiger partial charge is 0.234 e. The van der Waals surface area contributed by atoms with Gasteiger partial charge in [0.2, 0.25) is 11.8 Å². The molecule has 4 heteroatoms. The molecule has 1 spiro atoms. The third kappa shape index (κ3) is 2.34. The van der Waals surface area contributed by atoms with Crippen LogP contribution in [0, 0.1) is 5.41 Å². The van der Waals surface area contributed by atoms with E-state index in [1.165, 1.54) is 4.90 Å². The van der Waals surface area contributed by atoms with Crippen LogP contribution in [0.25, 0.3) is 0 Å². The highest BCUT2D eigenvalue weighted by Gasteiger charge is 2.45. The van der Waals surface area contributed by atoms with Gasteiger partial charge in [0.15, 0.2) is 0 Å². The summed E-state index contributed by atoms with van der Waals surface area (Å²) < 4.78 is 0.881. The van der Waals surface area contributed by atoms with Crippen LogP contribution < -0.4 is 4.90 Å². The lowest BCUT2D eigenvalue weighted by Crippen LogP contribution is -2.47. The lowest BCUT2D eigenvalue weighted by atomic mass is 9.76. The van der Waals surface area contributed by atoms with Crippen LogP contribution in [0.4, 0.5) is 5.69 Å². The van der Waals surface area contributed by atoms with Crippen molar-refractivity contribution in [1.29, 1.82) is 0 Å². The Hall–Kier alpha value is -1.16. The minimum Gasteiger partial charge on any atom is -0.274 e. The molecule has 100 valence electrons. The molecule has 2 fully saturated rings. The second kappa shape index (κ2) is 4.75. The average molecular weight is 322 g/mol. The lowest BCUT2D eigenvalue weighted by molar-refractivity contribution is -0.133. The van der Waals surface area contributed by atoms with Gasteiger partial charge in [-0.3, -0.25) is 14.5 Å². The van der Waals surface area contributed by atoms with E-state index in [4.69, 9.17) is 0 Å². The summed E-state index contributed by atoms with van der Waals surface area (Å²) in [4.78, 5) is 26.1. The second-order valence-electron chi connectivity index (χ2n) is 5.66. The SMILES string of the molecule is O=C1CC2(CCCC2)CC(=O)N1c1cccc(Br)c1. The minimum atomic E-state index is -0.0451. The molecule has 19 heavy (non-hydrogen) atoms. The van der Waals surface area contributed by atoms with Gasteiger partial charge in [0, 0.05) is 17.3 Å². The molecule has 3 rings (SSSR count). The first-order valence-electron chi connectivity index (χ1n) is 6.71. The first kappa shape index (κ1) is 12.9. The Kier molecular flexibility index (Phi) is 3.21. The van der Waals surface area contributed by atoms with E-state index in [9.17, 15) is 9.59 Å². The van der Waals surface area contributed by atoms with Crippen molar-refractivity contribution in [1.82, 2.24) is 0 Å². The Bertz CT molecular complexity index is 515. The Morgan fingerprint density at radius 3 is 2.26 bits per heavy atom. The number of benzene rings is 1. The van der Waals surface area contributed by atoms with Gasteiger partial charge in [-0.1, -0.05) is 34.8 Å². The molecule has 1 aromatic rings. The fourth-order valence-electron chi connectivity index (χ4n) is 3.38. The topological polar surface area (TPSA) is 37.4 Å². The maximum atomic E-state index is 12.4. The number of amides is 2. The zero-order chi connectivity index (χ0) is 13.5. The summed E-state index contributed by atoms with van der Waals surface area (Å²) in [5, 5.41) is 0. The van der Waals surface area contributed by atoms with E-state index in [0.717, 1.165) is 30.2 Å². The van der Waals surface area contributed by atoms with Gasteiger partial charge in [-0.15, -0.1) is 0 Å². The molecule has 0 unspecified atom stereocenters. The molecule has 1 aliphatic carbocycles. The summed E-state index contributed by atoms with van der Waals surface area (Å²) in [7, 11) is 0. The summed E-state index contributed by atoms with van der Waals surface area (Å²) in [6.45, 7) is 0. The first-order chi connectivity index (χ1) is 9.10. The van der Waals surface area contributed by atoms with E-state index in [1.807, 2.05) is 24.3 Å². The number of hydrogen-bond acceptors (Lipinski definition) is 2. The Morgan fingerprint density at radius 1 is 1.05 bits per heavy atom. The van der Waals surface area contributed by atoms with E-state index in [-0.39, 0.29) is 17.2 Å². The molecule has 2 amide bonds. The van der Waals surface area contributed by atoms with Gasteiger partial charge in [0.05, 0.1) is 5.69 Å². The number of carbonyl (C=O) groups excluding carboxylic acids is 2. The summed E-state index contributed by atoms with van der Waals surface area (Å²) in [5.74, 6) is -0.0903. The van der Waals surface area contributed by atoms with E-state index < -0.39 is 0 Å². The monoisotopic (exact) mass is 321 g/mol. The molecule has 1 saturated heterocycles. The van der Waals surface area contributed by atoms with Gasteiger partial charge >= 0.3 is 0 Å². The van der Waals surface area contributed by atoms with Crippen LogP contribution in [-0.4, -0.2) is 11.8 Å². The van der Waals surface area contributed by atoms with E-state index in [1.54, 1.807) is 0 Å². The minimum absolute atomic E-state index is 0.0311. The molecule has 1 heterocycles. The standard InChI is InChI=1S/C15H16BrNO2/c16-11-4-3-5-12(8-11)17-13(18)9-15(10-14(17)19)6-1-2-7-15/h3-5,8H,1-2,6-7,9-10H2. The molecule has 0 bridgehead atoms. The van der Waals surface area contributed by atoms with Crippen molar-refractivity contribution >= 4 is 33.4 Å². The molecule has 0 aromatic heterocycles. The zero-order valence-corrected chi connectivity index (χ0v) is 12.3. The van der Waals surface area contributed by atoms with Crippen molar-refractivity contribution < 1.29 is 9.59 Å². The highest BCUT2D eigenvalue weighted by atomic mass is 79.9. The molecule has 2 aliphatic rings. The molecular formula is C15H16BrNO2. The molecule has 0 radical (unpaired) electrons. The lowest BCUT2D eigenvalue weighted by Gasteiger charge is -2.37. The number of nitrogens with zero attached hydrogens (tertiary/aromatic N) is 1. The number of carbonyl (C=O) groups is 2. The predicted molar refractivity (Wildman–Crippen MR) is 76.8 cm³/mol. The maximum absolute atomic E-state index is 12.4. The highest BCUT2D eigenvalue weighted by Crippen LogP contribution is 2.47. The molecule has 3 nitrogen and oxygen atoms in total. The Balaban J connectivity index is 1.88. The Morgan fingerprint density at radius 2 is 1.68 bits per heavy atom. The number of rotatable bonds is 1. The van der Waals surface area contributed by atoms with E-state index in [2.05, 4.69) is 15.9 Å². The summed E-state index contributed by atoms with van der Waals surface area (Å²) in [6.07, 6.45) is 5.39. The number of piperidine rings is 1. The van der Waals surface area contributed by atoms with Crippen molar-refractivity contribution in [2.75, 3.05) is 4.90 Å². The number of anilines is 1. The van der Waals surface area contributed by atoms with Crippen molar-refractivity contribution in [2.24, 2.45) is 5.41 Å². The van der Waals surface area contributed by atoms with Crippen molar-refractivity contribution in [3.63, 3.8) is 0 Å². The van der Waals surface area contributed by atoms with Crippen LogP contribution in [0.15, 0.2) is 28.7 Å². The molecule has 0 N–H and O–H groups in total. The summed E-state index contributed by atoms with van der Waals surface area (Å²) in [6, 6.07) is 7.37. The number of halogens is 1. The second-order valence-corrected chi connectivity index (χ2v) is 6.58.